The van der Waals surface area contributed by atoms with Gasteiger partial charge in [-0.05, 0) is 42.2 Å². The minimum atomic E-state index is -0.182. The van der Waals surface area contributed by atoms with Gasteiger partial charge < -0.3 is 0 Å². The van der Waals surface area contributed by atoms with Crippen LogP contribution in [-0.4, -0.2) is 5.78 Å². The summed E-state index contributed by atoms with van der Waals surface area (Å²) in [7, 11) is 0. The first-order valence-corrected chi connectivity index (χ1v) is 5.88. The number of carbonyl (C=O) groups excluding carboxylic acids is 1. The highest BCUT2D eigenvalue weighted by atomic mass is 35.5. The molecule has 0 unspecified atom stereocenters. The van der Waals surface area contributed by atoms with Crippen LogP contribution in [0.2, 0.25) is 5.02 Å². The second-order valence-electron chi connectivity index (χ2n) is 4.93. The molecule has 1 fully saturated rings. The smallest absolute Gasteiger partial charge is 0.164 e. The predicted molar refractivity (Wildman–Crippen MR) is 67.5 cm³/mol. The third-order valence-electron chi connectivity index (χ3n) is 3.14. The Hall–Kier alpha value is -1.08. The average molecular weight is 235 g/mol. The van der Waals surface area contributed by atoms with Crippen LogP contribution in [0.25, 0.3) is 6.08 Å². The monoisotopic (exact) mass is 234 g/mol. The van der Waals surface area contributed by atoms with Gasteiger partial charge in [0.05, 0.1) is 0 Å². The molecule has 0 N–H and O–H groups in total. The summed E-state index contributed by atoms with van der Waals surface area (Å²) in [5, 5.41) is 0.722. The van der Waals surface area contributed by atoms with Gasteiger partial charge in [-0.25, -0.2) is 0 Å². The molecule has 16 heavy (non-hydrogen) atoms. The molecule has 0 saturated heterocycles. The number of benzene rings is 1. The summed E-state index contributed by atoms with van der Waals surface area (Å²) in [5.41, 5.74) is 1.80. The Morgan fingerprint density at radius 3 is 2.38 bits per heavy atom. The first-order valence-electron chi connectivity index (χ1n) is 5.50. The van der Waals surface area contributed by atoms with E-state index in [1.165, 1.54) is 0 Å². The summed E-state index contributed by atoms with van der Waals surface area (Å²) < 4.78 is 0. The van der Waals surface area contributed by atoms with E-state index in [1.54, 1.807) is 0 Å². The predicted octanol–water partition coefficient (Wildman–Crippen LogP) is 4.11. The van der Waals surface area contributed by atoms with E-state index >= 15 is 0 Å². The Balaban J connectivity index is 2.26. The van der Waals surface area contributed by atoms with Crippen LogP contribution in [0.3, 0.4) is 0 Å². The van der Waals surface area contributed by atoms with E-state index in [0.29, 0.717) is 0 Å². The summed E-state index contributed by atoms with van der Waals surface area (Å²) >= 11 is 5.81. The third kappa shape index (κ3) is 2.19. The van der Waals surface area contributed by atoms with Crippen LogP contribution >= 0.6 is 11.6 Å². The van der Waals surface area contributed by atoms with Crippen LogP contribution in [0, 0.1) is 5.41 Å². The van der Waals surface area contributed by atoms with Gasteiger partial charge in [0.2, 0.25) is 0 Å². The van der Waals surface area contributed by atoms with Gasteiger partial charge in [-0.1, -0.05) is 37.6 Å². The maximum absolute atomic E-state index is 12.0. The Morgan fingerprint density at radius 1 is 1.25 bits per heavy atom. The fourth-order valence-electron chi connectivity index (χ4n) is 2.01. The minimum Gasteiger partial charge on any atom is -0.294 e. The molecule has 1 saturated carbocycles. The van der Waals surface area contributed by atoms with Crippen LogP contribution < -0.4 is 0 Å². The lowest BCUT2D eigenvalue weighted by molar-refractivity contribution is -0.121. The van der Waals surface area contributed by atoms with E-state index in [-0.39, 0.29) is 11.2 Å². The molecule has 1 nitrogen and oxygen atoms in total. The average Bonchev–Trinajstić information content (AvgIpc) is 2.49. The van der Waals surface area contributed by atoms with Crippen LogP contribution in [0.1, 0.15) is 32.3 Å². The molecule has 0 amide bonds. The summed E-state index contributed by atoms with van der Waals surface area (Å²) in [4.78, 5) is 12.0. The number of rotatable bonds is 1. The summed E-state index contributed by atoms with van der Waals surface area (Å²) in [5.74, 6) is 0.280. The van der Waals surface area contributed by atoms with E-state index in [1.807, 2.05) is 44.2 Å². The zero-order valence-corrected chi connectivity index (χ0v) is 10.3. The molecular weight excluding hydrogens is 220 g/mol. The summed E-state index contributed by atoms with van der Waals surface area (Å²) in [6.07, 6.45) is 3.81. The first kappa shape index (κ1) is 11.4. The fourth-order valence-corrected chi connectivity index (χ4v) is 2.13. The normalized spacial score (nSPS) is 21.7. The number of Topliss-reactive ketones (excluding diaryl/α,β-unsaturated/α-hetero) is 1. The lowest BCUT2D eigenvalue weighted by Gasteiger charge is -2.12. The molecule has 1 aromatic rings. The zero-order chi connectivity index (χ0) is 11.8. The van der Waals surface area contributed by atoms with Gasteiger partial charge in [0.15, 0.2) is 5.78 Å². The molecule has 0 atom stereocenters. The maximum atomic E-state index is 12.0. The van der Waals surface area contributed by atoms with Crippen molar-refractivity contribution in [2.24, 2.45) is 5.41 Å². The highest BCUT2D eigenvalue weighted by Crippen LogP contribution is 2.37. The molecular formula is C14H15ClO. The Morgan fingerprint density at radius 2 is 1.88 bits per heavy atom. The van der Waals surface area contributed by atoms with Crippen molar-refractivity contribution in [1.29, 1.82) is 0 Å². The van der Waals surface area contributed by atoms with Crippen molar-refractivity contribution in [3.63, 3.8) is 0 Å². The minimum absolute atomic E-state index is 0.182. The Bertz CT molecular complexity index is 440. The van der Waals surface area contributed by atoms with E-state index < -0.39 is 0 Å². The van der Waals surface area contributed by atoms with Crippen molar-refractivity contribution in [2.75, 3.05) is 0 Å². The lowest BCUT2D eigenvalue weighted by atomic mass is 9.90. The SMILES string of the molecule is CC1(C)CCC(=Cc2ccc(Cl)cc2)C1=O. The second-order valence-corrected chi connectivity index (χ2v) is 5.37. The summed E-state index contributed by atoms with van der Waals surface area (Å²) in [6, 6.07) is 7.57. The topological polar surface area (TPSA) is 17.1 Å². The quantitative estimate of drug-likeness (QED) is 0.669. The molecule has 2 rings (SSSR count). The molecule has 2 heteroatoms. The molecule has 0 spiro atoms. The van der Waals surface area contributed by atoms with Crippen LogP contribution in [-0.2, 0) is 4.79 Å². The van der Waals surface area contributed by atoms with Gasteiger partial charge >= 0.3 is 0 Å². The van der Waals surface area contributed by atoms with Crippen molar-refractivity contribution in [1.82, 2.24) is 0 Å². The summed E-state index contributed by atoms with van der Waals surface area (Å²) in [6.45, 7) is 4.02. The number of hydrogen-bond donors (Lipinski definition) is 0. The van der Waals surface area contributed by atoms with Crippen LogP contribution in [0.4, 0.5) is 0 Å². The molecule has 1 aromatic carbocycles. The molecule has 0 aliphatic heterocycles. The van der Waals surface area contributed by atoms with Crippen LogP contribution in [0.15, 0.2) is 29.8 Å². The third-order valence-corrected chi connectivity index (χ3v) is 3.39. The fraction of sp³-hybridized carbons (Fsp3) is 0.357. The number of allylic oxidation sites excluding steroid dienone is 1. The molecule has 0 heterocycles. The lowest BCUT2D eigenvalue weighted by Crippen LogP contribution is -2.17. The van der Waals surface area contributed by atoms with Crippen molar-refractivity contribution in [2.45, 2.75) is 26.7 Å². The highest BCUT2D eigenvalue weighted by Gasteiger charge is 2.36. The van der Waals surface area contributed by atoms with Crippen LogP contribution in [0.5, 0.6) is 0 Å². The van der Waals surface area contributed by atoms with Gasteiger partial charge in [-0.3, -0.25) is 4.79 Å². The van der Waals surface area contributed by atoms with Gasteiger partial charge in [0, 0.05) is 10.4 Å². The standard InChI is InChI=1S/C14H15ClO/c1-14(2)8-7-11(13(14)16)9-10-3-5-12(15)6-4-10/h3-6,9H,7-8H2,1-2H3. The molecule has 84 valence electrons. The molecule has 0 radical (unpaired) electrons. The Kier molecular flexibility index (Phi) is 2.90. The van der Waals surface area contributed by atoms with Crippen molar-refractivity contribution >= 4 is 23.5 Å². The van der Waals surface area contributed by atoms with E-state index in [9.17, 15) is 4.79 Å². The largest absolute Gasteiger partial charge is 0.294 e. The van der Waals surface area contributed by atoms with Crippen molar-refractivity contribution in [3.8, 4) is 0 Å². The van der Waals surface area contributed by atoms with E-state index in [4.69, 9.17) is 11.6 Å². The maximum Gasteiger partial charge on any atom is 0.164 e. The van der Waals surface area contributed by atoms with Gasteiger partial charge in [0.25, 0.3) is 0 Å². The zero-order valence-electron chi connectivity index (χ0n) is 9.59. The second kappa shape index (κ2) is 4.06. The van der Waals surface area contributed by atoms with Gasteiger partial charge in [-0.15, -0.1) is 0 Å². The van der Waals surface area contributed by atoms with E-state index in [0.717, 1.165) is 29.0 Å². The molecule has 0 aromatic heterocycles. The number of hydrogen-bond acceptors (Lipinski definition) is 1. The van der Waals surface area contributed by atoms with Crippen molar-refractivity contribution < 1.29 is 4.79 Å². The van der Waals surface area contributed by atoms with Gasteiger partial charge in [-0.2, -0.15) is 0 Å². The number of ketones is 1. The number of carbonyl (C=O) groups is 1. The highest BCUT2D eigenvalue weighted by molar-refractivity contribution is 6.30. The number of halogens is 1. The van der Waals surface area contributed by atoms with Gasteiger partial charge in [0.1, 0.15) is 0 Å². The molecule has 1 aliphatic rings. The molecule has 0 bridgehead atoms. The Labute approximate surface area is 101 Å². The molecule has 1 aliphatic carbocycles. The van der Waals surface area contributed by atoms with E-state index in [2.05, 4.69) is 0 Å². The van der Waals surface area contributed by atoms with Crippen molar-refractivity contribution in [3.05, 3.63) is 40.4 Å². The first-order chi connectivity index (χ1) is 7.49.